The fourth-order valence-corrected chi connectivity index (χ4v) is 3.67. The largest absolute Gasteiger partial charge is 0.496 e. The first-order valence-electron chi connectivity index (χ1n) is 7.41. The quantitative estimate of drug-likeness (QED) is 0.919. The van der Waals surface area contributed by atoms with E-state index in [4.69, 9.17) is 9.47 Å². The molecule has 4 heteroatoms. The Labute approximate surface area is 126 Å². The summed E-state index contributed by atoms with van der Waals surface area (Å²) in [5.41, 5.74) is 0.0496. The van der Waals surface area contributed by atoms with E-state index in [2.05, 4.69) is 33.0 Å². The fraction of sp³-hybridized carbons (Fsp3) is 0.647. The van der Waals surface area contributed by atoms with Gasteiger partial charge in [0.15, 0.2) is 0 Å². The average molecular weight is 295 g/mol. The predicted octanol–water partition coefficient (Wildman–Crippen LogP) is 3.69. The highest BCUT2D eigenvalue weighted by Crippen LogP contribution is 2.49. The highest BCUT2D eigenvalue weighted by Gasteiger charge is 2.49. The maximum Gasteiger partial charge on any atom is 0.131 e. The number of benzene rings is 1. The van der Waals surface area contributed by atoms with Crippen LogP contribution in [0.2, 0.25) is 0 Å². The van der Waals surface area contributed by atoms with Crippen LogP contribution >= 0.6 is 0 Å². The summed E-state index contributed by atoms with van der Waals surface area (Å²) < 4.78 is 25.9. The van der Waals surface area contributed by atoms with Crippen LogP contribution < -0.4 is 10.1 Å². The molecule has 0 bridgehead atoms. The SMILES string of the molecule is CNC(c1c(F)cccc1OC)C1CC(C)(C)OC1(C)C. The number of methoxy groups -OCH3 is 1. The lowest BCUT2D eigenvalue weighted by atomic mass is 9.78. The van der Waals surface area contributed by atoms with Gasteiger partial charge < -0.3 is 14.8 Å². The molecule has 0 radical (unpaired) electrons. The number of nitrogens with one attached hydrogen (secondary N) is 1. The Kier molecular flexibility index (Phi) is 4.31. The maximum atomic E-state index is 14.4. The predicted molar refractivity (Wildman–Crippen MR) is 82.1 cm³/mol. The zero-order valence-electron chi connectivity index (χ0n) is 13.8. The molecule has 2 unspecified atom stereocenters. The van der Waals surface area contributed by atoms with Crippen LogP contribution in [0, 0.1) is 11.7 Å². The Morgan fingerprint density at radius 2 is 2.00 bits per heavy atom. The van der Waals surface area contributed by atoms with Gasteiger partial charge in [-0.05, 0) is 53.3 Å². The second kappa shape index (κ2) is 5.58. The van der Waals surface area contributed by atoms with Crippen LogP contribution in [0.15, 0.2) is 18.2 Å². The van der Waals surface area contributed by atoms with Gasteiger partial charge in [-0.3, -0.25) is 0 Å². The van der Waals surface area contributed by atoms with E-state index >= 15 is 0 Å². The lowest BCUT2D eigenvalue weighted by molar-refractivity contribution is -0.0778. The summed E-state index contributed by atoms with van der Waals surface area (Å²) in [7, 11) is 3.43. The van der Waals surface area contributed by atoms with Crippen molar-refractivity contribution in [1.82, 2.24) is 5.32 Å². The Hall–Kier alpha value is -1.13. The normalized spacial score (nSPS) is 24.8. The molecule has 1 aromatic carbocycles. The molecule has 1 aliphatic rings. The van der Waals surface area contributed by atoms with Crippen molar-refractivity contribution in [2.24, 2.45) is 5.92 Å². The summed E-state index contributed by atoms with van der Waals surface area (Å²) in [6.07, 6.45) is 0.864. The molecule has 0 spiro atoms. The van der Waals surface area contributed by atoms with Gasteiger partial charge in [-0.15, -0.1) is 0 Å². The zero-order valence-corrected chi connectivity index (χ0v) is 13.8. The minimum absolute atomic E-state index is 0.155. The summed E-state index contributed by atoms with van der Waals surface area (Å²) in [5.74, 6) is 0.493. The molecule has 1 N–H and O–H groups in total. The van der Waals surface area contributed by atoms with Crippen molar-refractivity contribution >= 4 is 0 Å². The van der Waals surface area contributed by atoms with Crippen molar-refractivity contribution in [2.75, 3.05) is 14.2 Å². The molecule has 0 saturated carbocycles. The molecule has 1 saturated heterocycles. The monoisotopic (exact) mass is 295 g/mol. The third-order valence-electron chi connectivity index (χ3n) is 4.40. The van der Waals surface area contributed by atoms with E-state index in [1.807, 2.05) is 7.05 Å². The van der Waals surface area contributed by atoms with E-state index in [-0.39, 0.29) is 29.0 Å². The summed E-state index contributed by atoms with van der Waals surface area (Å²) in [4.78, 5) is 0. The lowest BCUT2D eigenvalue weighted by Gasteiger charge is -2.33. The Morgan fingerprint density at radius 3 is 2.48 bits per heavy atom. The molecule has 0 amide bonds. The first-order chi connectivity index (χ1) is 9.72. The van der Waals surface area contributed by atoms with Gasteiger partial charge in [0.1, 0.15) is 11.6 Å². The van der Waals surface area contributed by atoms with Gasteiger partial charge in [-0.2, -0.15) is 0 Å². The second-order valence-electron chi connectivity index (χ2n) is 6.90. The van der Waals surface area contributed by atoms with E-state index in [0.717, 1.165) is 6.42 Å². The fourth-order valence-electron chi connectivity index (χ4n) is 3.67. The third kappa shape index (κ3) is 3.06. The zero-order chi connectivity index (χ0) is 15.8. The summed E-state index contributed by atoms with van der Waals surface area (Å²) in [6.45, 7) is 8.31. The van der Waals surface area contributed by atoms with Crippen molar-refractivity contribution in [3.8, 4) is 5.75 Å². The Bertz CT molecular complexity index is 514. The molecule has 2 rings (SSSR count). The minimum atomic E-state index is -0.329. The van der Waals surface area contributed by atoms with Crippen molar-refractivity contribution in [3.05, 3.63) is 29.6 Å². The third-order valence-corrected chi connectivity index (χ3v) is 4.40. The minimum Gasteiger partial charge on any atom is -0.496 e. The van der Waals surface area contributed by atoms with Gasteiger partial charge in [0, 0.05) is 17.5 Å². The van der Waals surface area contributed by atoms with Crippen molar-refractivity contribution in [3.63, 3.8) is 0 Å². The summed E-state index contributed by atoms with van der Waals surface area (Å²) >= 11 is 0. The molecule has 2 atom stereocenters. The molecule has 1 heterocycles. The van der Waals surface area contributed by atoms with Gasteiger partial charge in [0.25, 0.3) is 0 Å². The van der Waals surface area contributed by atoms with Crippen LogP contribution in [0.3, 0.4) is 0 Å². The van der Waals surface area contributed by atoms with E-state index in [1.54, 1.807) is 19.2 Å². The lowest BCUT2D eigenvalue weighted by Crippen LogP contribution is -2.37. The molecule has 21 heavy (non-hydrogen) atoms. The van der Waals surface area contributed by atoms with Crippen LogP contribution in [-0.2, 0) is 4.74 Å². The van der Waals surface area contributed by atoms with Crippen LogP contribution in [0.1, 0.15) is 45.7 Å². The maximum absolute atomic E-state index is 14.4. The number of hydrogen-bond acceptors (Lipinski definition) is 3. The molecule has 118 valence electrons. The molecule has 1 aromatic rings. The number of rotatable bonds is 4. The van der Waals surface area contributed by atoms with Crippen molar-refractivity contribution in [2.45, 2.75) is 51.4 Å². The van der Waals surface area contributed by atoms with Gasteiger partial charge in [-0.1, -0.05) is 6.07 Å². The van der Waals surface area contributed by atoms with E-state index in [0.29, 0.717) is 11.3 Å². The number of halogens is 1. The number of hydrogen-bond donors (Lipinski definition) is 1. The number of ether oxygens (including phenoxy) is 2. The van der Waals surface area contributed by atoms with Gasteiger partial charge in [0.2, 0.25) is 0 Å². The first-order valence-corrected chi connectivity index (χ1v) is 7.41. The van der Waals surface area contributed by atoms with Crippen molar-refractivity contribution in [1.29, 1.82) is 0 Å². The van der Waals surface area contributed by atoms with E-state index < -0.39 is 0 Å². The van der Waals surface area contributed by atoms with Gasteiger partial charge in [0.05, 0.1) is 18.3 Å². The molecular formula is C17H26FNO2. The molecule has 3 nitrogen and oxygen atoms in total. The van der Waals surface area contributed by atoms with Gasteiger partial charge >= 0.3 is 0 Å². The molecule has 1 fully saturated rings. The Balaban J connectivity index is 2.46. The molecular weight excluding hydrogens is 269 g/mol. The van der Waals surface area contributed by atoms with Crippen molar-refractivity contribution < 1.29 is 13.9 Å². The second-order valence-corrected chi connectivity index (χ2v) is 6.90. The van der Waals surface area contributed by atoms with Crippen LogP contribution in [0.4, 0.5) is 4.39 Å². The summed E-state index contributed by atoms with van der Waals surface area (Å²) in [5, 5.41) is 3.27. The van der Waals surface area contributed by atoms with Crippen LogP contribution in [-0.4, -0.2) is 25.4 Å². The highest BCUT2D eigenvalue weighted by molar-refractivity contribution is 5.38. The molecule has 1 aliphatic heterocycles. The van der Waals surface area contributed by atoms with E-state index in [9.17, 15) is 4.39 Å². The smallest absolute Gasteiger partial charge is 0.131 e. The average Bonchev–Trinajstić information content (AvgIpc) is 2.60. The molecule has 0 aromatic heterocycles. The van der Waals surface area contributed by atoms with Gasteiger partial charge in [-0.25, -0.2) is 4.39 Å². The Morgan fingerprint density at radius 1 is 1.33 bits per heavy atom. The van der Waals surface area contributed by atoms with E-state index in [1.165, 1.54) is 6.07 Å². The summed E-state index contributed by atoms with van der Waals surface area (Å²) in [6, 6.07) is 4.80. The van der Waals surface area contributed by atoms with Crippen LogP contribution in [0.5, 0.6) is 5.75 Å². The standard InChI is InChI=1S/C17H26FNO2/c1-16(2)10-11(17(3,4)21-16)15(19-5)14-12(18)8-7-9-13(14)20-6/h7-9,11,15,19H,10H2,1-6H3. The van der Waals surface area contributed by atoms with Crippen LogP contribution in [0.25, 0.3) is 0 Å². The first kappa shape index (κ1) is 16.2. The molecule has 0 aliphatic carbocycles. The topological polar surface area (TPSA) is 30.5 Å². The highest BCUT2D eigenvalue weighted by atomic mass is 19.1.